The lowest BCUT2D eigenvalue weighted by atomic mass is 10.0. The molecule has 0 amide bonds. The number of fused-ring (bicyclic) bond motifs is 1. The molecule has 0 aliphatic carbocycles. The Labute approximate surface area is 251 Å². The molecule has 0 unspecified atom stereocenters. The van der Waals surface area contributed by atoms with Gasteiger partial charge in [0.2, 0.25) is 0 Å². The number of rotatable bonds is 13. The van der Waals surface area contributed by atoms with Crippen LogP contribution in [0.25, 0.3) is 22.0 Å². The summed E-state index contributed by atoms with van der Waals surface area (Å²) >= 11 is 13.5. The van der Waals surface area contributed by atoms with Gasteiger partial charge in [-0.3, -0.25) is 9.69 Å². The number of benzene rings is 1. The van der Waals surface area contributed by atoms with E-state index in [1.807, 2.05) is 19.1 Å². The van der Waals surface area contributed by atoms with Crippen molar-refractivity contribution in [1.29, 1.82) is 0 Å². The fourth-order valence-corrected chi connectivity index (χ4v) is 5.95. The maximum Gasteiger partial charge on any atom is 0.259 e. The van der Waals surface area contributed by atoms with E-state index in [-0.39, 0.29) is 21.6 Å². The predicted molar refractivity (Wildman–Crippen MR) is 167 cm³/mol. The van der Waals surface area contributed by atoms with Crippen LogP contribution < -0.4 is 20.3 Å². The van der Waals surface area contributed by atoms with Gasteiger partial charge in [0, 0.05) is 81.7 Å². The molecule has 1 saturated heterocycles. The molecular formula is C30H39Cl2N5O4. The fraction of sp³-hybridized carbons (Fsp3) is 0.467. The zero-order valence-corrected chi connectivity index (χ0v) is 25.7. The van der Waals surface area contributed by atoms with Crippen LogP contribution in [-0.2, 0) is 11.3 Å². The van der Waals surface area contributed by atoms with Crippen molar-refractivity contribution in [2.24, 2.45) is 0 Å². The molecule has 1 aliphatic heterocycles. The number of hydrogen-bond acceptors (Lipinski definition) is 8. The van der Waals surface area contributed by atoms with E-state index in [9.17, 15) is 4.79 Å². The molecule has 0 radical (unpaired) electrons. The third-order valence-corrected chi connectivity index (χ3v) is 8.09. The van der Waals surface area contributed by atoms with Gasteiger partial charge in [-0.1, -0.05) is 29.3 Å². The van der Waals surface area contributed by atoms with Crippen LogP contribution in [0.4, 0.5) is 5.82 Å². The molecule has 222 valence electrons. The third kappa shape index (κ3) is 7.16. The first-order chi connectivity index (χ1) is 19.8. The van der Waals surface area contributed by atoms with E-state index in [1.54, 1.807) is 30.0 Å². The number of hydrogen-bond donors (Lipinski definition) is 1. The smallest absolute Gasteiger partial charge is 0.259 e. The van der Waals surface area contributed by atoms with Gasteiger partial charge < -0.3 is 29.0 Å². The van der Waals surface area contributed by atoms with E-state index in [2.05, 4.69) is 26.7 Å². The van der Waals surface area contributed by atoms with E-state index < -0.39 is 0 Å². The number of piperazine rings is 1. The number of pyridine rings is 2. The van der Waals surface area contributed by atoms with E-state index in [4.69, 9.17) is 37.4 Å². The first-order valence-corrected chi connectivity index (χ1v) is 14.5. The van der Waals surface area contributed by atoms with E-state index in [0.29, 0.717) is 41.6 Å². The second-order valence-electron chi connectivity index (χ2n) is 10.2. The molecule has 0 spiro atoms. The largest absolute Gasteiger partial charge is 0.495 e. The van der Waals surface area contributed by atoms with E-state index in [1.165, 1.54) is 14.2 Å². The highest BCUT2D eigenvalue weighted by Gasteiger charge is 2.23. The molecule has 1 fully saturated rings. The Morgan fingerprint density at radius 3 is 2.29 bits per heavy atom. The van der Waals surface area contributed by atoms with Crippen LogP contribution in [0, 0.1) is 0 Å². The molecule has 1 aromatic carbocycles. The summed E-state index contributed by atoms with van der Waals surface area (Å²) in [7, 11) is 4.68. The fourth-order valence-electron chi connectivity index (χ4n) is 5.25. The molecule has 1 N–H and O–H groups in total. The van der Waals surface area contributed by atoms with Crippen molar-refractivity contribution in [3.05, 3.63) is 57.4 Å². The lowest BCUT2D eigenvalue weighted by Crippen LogP contribution is -2.46. The van der Waals surface area contributed by atoms with Crippen LogP contribution in [0.3, 0.4) is 0 Å². The Bertz CT molecular complexity index is 1390. The van der Waals surface area contributed by atoms with E-state index >= 15 is 0 Å². The number of ether oxygens (including phenoxy) is 3. The Balaban J connectivity index is 1.74. The number of halogens is 2. The lowest BCUT2D eigenvalue weighted by molar-refractivity contribution is 0.140. The second kappa shape index (κ2) is 14.4. The zero-order chi connectivity index (χ0) is 29.5. The first-order valence-electron chi connectivity index (χ1n) is 13.8. The molecule has 4 rings (SSSR count). The average Bonchev–Trinajstić information content (AvgIpc) is 2.96. The highest BCUT2D eigenvalue weighted by Crippen LogP contribution is 2.45. The molecule has 11 heteroatoms. The summed E-state index contributed by atoms with van der Waals surface area (Å²) in [4.78, 5) is 23.6. The normalized spacial score (nSPS) is 15.2. The monoisotopic (exact) mass is 603 g/mol. The summed E-state index contributed by atoms with van der Waals surface area (Å²) in [6, 6.07) is 5.36. The molecule has 2 aromatic heterocycles. The number of aromatic nitrogens is 2. The molecule has 9 nitrogen and oxygen atoms in total. The number of anilines is 1. The van der Waals surface area contributed by atoms with Gasteiger partial charge in [-0.2, -0.15) is 0 Å². The highest BCUT2D eigenvalue weighted by atomic mass is 35.5. The van der Waals surface area contributed by atoms with Crippen LogP contribution in [0.1, 0.15) is 13.3 Å². The number of aryl methyl sites for hydroxylation is 1. The van der Waals surface area contributed by atoms with Crippen LogP contribution in [-0.4, -0.2) is 92.6 Å². The minimum atomic E-state index is -0.200. The van der Waals surface area contributed by atoms with Gasteiger partial charge in [0.15, 0.2) is 0 Å². The van der Waals surface area contributed by atoms with Crippen molar-refractivity contribution >= 4 is 39.9 Å². The average molecular weight is 605 g/mol. The van der Waals surface area contributed by atoms with Gasteiger partial charge in [0.05, 0.1) is 42.0 Å². The van der Waals surface area contributed by atoms with Gasteiger partial charge in [0.1, 0.15) is 17.3 Å². The minimum absolute atomic E-state index is 0.0472. The molecular weight excluding hydrogens is 565 g/mol. The molecule has 0 bridgehead atoms. The quantitative estimate of drug-likeness (QED) is 0.273. The SMILES string of the molecule is C=CCN1CCN(CCCn2c(=O)c(-c3c(Cl)c(OC)cc(OC)c3Cl)cc3cnc(N[C@@H](C)COC)cc32)CC1. The minimum Gasteiger partial charge on any atom is -0.495 e. The van der Waals surface area contributed by atoms with Crippen molar-refractivity contribution in [3.8, 4) is 22.6 Å². The van der Waals surface area contributed by atoms with Crippen LogP contribution >= 0.6 is 23.2 Å². The number of nitrogens with zero attached hydrogens (tertiary/aromatic N) is 4. The van der Waals surface area contributed by atoms with Gasteiger partial charge in [-0.05, 0) is 26.0 Å². The standard InChI is InChI=1S/C30H39Cl2N5O4/c1-6-8-35-11-13-36(14-12-35)9-7-10-37-23-16-26(34-20(2)19-39-3)33-18-21(23)15-22(30(37)38)27-28(31)24(40-4)17-25(41-5)29(27)32/h6,15-18,20H,1,7-14,19H2,2-5H3,(H,33,34)/t20-/m0/s1. The highest BCUT2D eigenvalue weighted by molar-refractivity contribution is 6.41. The van der Waals surface area contributed by atoms with Gasteiger partial charge in [-0.25, -0.2) is 4.98 Å². The summed E-state index contributed by atoms with van der Waals surface area (Å²) in [6.45, 7) is 12.7. The lowest BCUT2D eigenvalue weighted by Gasteiger charge is -2.34. The van der Waals surface area contributed by atoms with Gasteiger partial charge in [-0.15, -0.1) is 6.58 Å². The summed E-state index contributed by atoms with van der Waals surface area (Å²) < 4.78 is 18.0. The first kappa shape index (κ1) is 31.1. The third-order valence-electron chi connectivity index (χ3n) is 7.34. The number of methoxy groups -OCH3 is 3. The van der Waals surface area contributed by atoms with Crippen LogP contribution in [0.2, 0.25) is 10.0 Å². The Hall–Kier alpha value is -2.82. The molecule has 1 atom stereocenters. The zero-order valence-electron chi connectivity index (χ0n) is 24.2. The molecule has 1 aliphatic rings. The molecule has 3 heterocycles. The summed E-state index contributed by atoms with van der Waals surface area (Å²) in [5.74, 6) is 1.41. The topological polar surface area (TPSA) is 81.1 Å². The Morgan fingerprint density at radius 2 is 1.68 bits per heavy atom. The molecule has 3 aromatic rings. The van der Waals surface area contributed by atoms with Gasteiger partial charge in [0.25, 0.3) is 5.56 Å². The van der Waals surface area contributed by atoms with Crippen LogP contribution in [0.5, 0.6) is 11.5 Å². The number of nitrogens with one attached hydrogen (secondary N) is 1. The van der Waals surface area contributed by atoms with Crippen LogP contribution in [0.15, 0.2) is 41.8 Å². The van der Waals surface area contributed by atoms with Gasteiger partial charge >= 0.3 is 0 Å². The van der Waals surface area contributed by atoms with Crippen molar-refractivity contribution < 1.29 is 14.2 Å². The Morgan fingerprint density at radius 1 is 1.02 bits per heavy atom. The second-order valence-corrected chi connectivity index (χ2v) is 11.0. The van der Waals surface area contributed by atoms with Crippen molar-refractivity contribution in [1.82, 2.24) is 19.4 Å². The molecule has 41 heavy (non-hydrogen) atoms. The maximum atomic E-state index is 14.2. The van der Waals surface area contributed by atoms with Crippen molar-refractivity contribution in [2.45, 2.75) is 25.9 Å². The summed E-state index contributed by atoms with van der Waals surface area (Å²) in [5, 5.41) is 4.64. The van der Waals surface area contributed by atoms with Crippen molar-refractivity contribution in [2.75, 3.05) is 72.5 Å². The predicted octanol–water partition coefficient (Wildman–Crippen LogP) is 5.03. The molecule has 0 saturated carbocycles. The summed E-state index contributed by atoms with van der Waals surface area (Å²) in [6.07, 6.45) is 4.51. The van der Waals surface area contributed by atoms with Crippen molar-refractivity contribution in [3.63, 3.8) is 0 Å². The summed E-state index contributed by atoms with van der Waals surface area (Å²) in [5.41, 5.74) is 1.31. The maximum absolute atomic E-state index is 14.2. The Kier molecular flexibility index (Phi) is 10.9. The van der Waals surface area contributed by atoms with E-state index in [0.717, 1.165) is 56.6 Å².